The second-order valence-corrected chi connectivity index (χ2v) is 7.51. The van der Waals surface area contributed by atoms with Gasteiger partial charge in [0.15, 0.2) is 0 Å². The maximum atomic E-state index is 6.20. The van der Waals surface area contributed by atoms with Crippen LogP contribution in [-0.2, 0) is 0 Å². The maximum Gasteiger partial charge on any atom is 0.0410 e. The van der Waals surface area contributed by atoms with Crippen molar-refractivity contribution in [1.82, 2.24) is 10.2 Å². The lowest BCUT2D eigenvalue weighted by molar-refractivity contribution is 0.0857. The number of rotatable bonds is 2. The quantitative estimate of drug-likeness (QED) is 0.732. The Hall–Kier alpha value is 0.490. The van der Waals surface area contributed by atoms with E-state index in [-0.39, 0.29) is 30.2 Å². The van der Waals surface area contributed by atoms with Crippen LogP contribution in [0, 0.1) is 5.41 Å². The fourth-order valence-corrected chi connectivity index (χ4v) is 3.52. The highest BCUT2D eigenvalue weighted by Gasteiger charge is 2.33. The van der Waals surface area contributed by atoms with E-state index in [1.807, 2.05) is 6.07 Å². The molecule has 0 amide bonds. The zero-order chi connectivity index (χ0) is 14.0. The van der Waals surface area contributed by atoms with E-state index in [0.717, 1.165) is 35.7 Å². The molecular weight excluding hydrogens is 394 g/mol. The van der Waals surface area contributed by atoms with E-state index in [4.69, 9.17) is 11.6 Å². The topological polar surface area (TPSA) is 15.3 Å². The molecule has 1 aromatic carbocycles. The van der Waals surface area contributed by atoms with Gasteiger partial charge in [-0.2, -0.15) is 0 Å². The van der Waals surface area contributed by atoms with Gasteiger partial charge in [0.1, 0.15) is 0 Å². The first-order chi connectivity index (χ1) is 8.89. The first kappa shape index (κ1) is 21.5. The van der Waals surface area contributed by atoms with Crippen LogP contribution in [-0.4, -0.2) is 31.1 Å². The summed E-state index contributed by atoms with van der Waals surface area (Å²) in [6.07, 6.45) is 0. The predicted molar refractivity (Wildman–Crippen MR) is 100 cm³/mol. The lowest BCUT2D eigenvalue weighted by Gasteiger charge is -2.43. The van der Waals surface area contributed by atoms with Crippen molar-refractivity contribution in [2.45, 2.75) is 26.8 Å². The van der Waals surface area contributed by atoms with Crippen LogP contribution in [0.25, 0.3) is 0 Å². The summed E-state index contributed by atoms with van der Waals surface area (Å²) in [5, 5.41) is 4.23. The Morgan fingerprint density at radius 3 is 2.29 bits per heavy atom. The Balaban J connectivity index is 0.00000200. The van der Waals surface area contributed by atoms with Gasteiger partial charge in [-0.1, -0.05) is 48.3 Å². The van der Waals surface area contributed by atoms with Gasteiger partial charge in [0.2, 0.25) is 0 Å². The summed E-state index contributed by atoms with van der Waals surface area (Å²) in [4.78, 5) is 2.56. The number of nitrogens with zero attached hydrogens (tertiary/aromatic N) is 1. The number of piperazine rings is 1. The Kier molecular flexibility index (Phi) is 9.16. The van der Waals surface area contributed by atoms with Gasteiger partial charge >= 0.3 is 0 Å². The van der Waals surface area contributed by atoms with E-state index in [1.54, 1.807) is 0 Å². The number of hydrogen-bond acceptors (Lipinski definition) is 2. The average molecular weight is 419 g/mol. The Labute approximate surface area is 153 Å². The second kappa shape index (κ2) is 8.95. The van der Waals surface area contributed by atoms with Crippen LogP contribution in [0.3, 0.4) is 0 Å². The molecule has 6 heteroatoms. The van der Waals surface area contributed by atoms with Crippen molar-refractivity contribution >= 4 is 52.3 Å². The Bertz CT molecular complexity index is 443. The number of hydrogen-bond donors (Lipinski definition) is 1. The minimum absolute atomic E-state index is 0. The smallest absolute Gasteiger partial charge is 0.0410 e. The number of halogens is 4. The fourth-order valence-electron chi connectivity index (χ4n) is 2.88. The molecule has 1 N–H and O–H groups in total. The van der Waals surface area contributed by atoms with E-state index in [2.05, 4.69) is 59.1 Å². The lowest BCUT2D eigenvalue weighted by Crippen LogP contribution is -2.48. The Morgan fingerprint density at radius 1 is 1.19 bits per heavy atom. The summed E-state index contributed by atoms with van der Waals surface area (Å²) >= 11 is 9.89. The van der Waals surface area contributed by atoms with E-state index in [1.165, 1.54) is 5.56 Å². The summed E-state index contributed by atoms with van der Waals surface area (Å²) < 4.78 is 1.15. The molecule has 1 heterocycles. The van der Waals surface area contributed by atoms with Gasteiger partial charge in [-0.05, 0) is 29.2 Å². The molecule has 0 saturated carbocycles. The van der Waals surface area contributed by atoms with E-state index >= 15 is 0 Å². The van der Waals surface area contributed by atoms with Gasteiger partial charge in [0.25, 0.3) is 0 Å². The second-order valence-electron chi connectivity index (χ2n) is 6.22. The van der Waals surface area contributed by atoms with E-state index in [0.29, 0.717) is 6.04 Å². The molecule has 21 heavy (non-hydrogen) atoms. The average Bonchev–Trinajstić information content (AvgIpc) is 2.33. The van der Waals surface area contributed by atoms with Crippen molar-refractivity contribution in [3.8, 4) is 0 Å². The van der Waals surface area contributed by atoms with Gasteiger partial charge in [0.05, 0.1) is 0 Å². The molecule has 0 aromatic heterocycles. The molecule has 0 bridgehead atoms. The minimum Gasteiger partial charge on any atom is -0.314 e. The summed E-state index contributed by atoms with van der Waals surface area (Å²) in [5.74, 6) is 0. The first-order valence-corrected chi connectivity index (χ1v) is 7.96. The summed E-state index contributed by atoms with van der Waals surface area (Å²) in [7, 11) is 0. The van der Waals surface area contributed by atoms with Crippen molar-refractivity contribution in [3.05, 3.63) is 33.3 Å². The van der Waals surface area contributed by atoms with Crippen LogP contribution >= 0.6 is 52.3 Å². The van der Waals surface area contributed by atoms with E-state index < -0.39 is 0 Å². The van der Waals surface area contributed by atoms with Crippen molar-refractivity contribution in [1.29, 1.82) is 0 Å². The normalized spacial score (nSPS) is 17.6. The van der Waals surface area contributed by atoms with E-state index in [9.17, 15) is 0 Å². The molecule has 0 spiro atoms. The van der Waals surface area contributed by atoms with Crippen LogP contribution in [0.15, 0.2) is 22.7 Å². The molecule has 1 aliphatic heterocycles. The minimum atomic E-state index is 0. The molecular formula is C15H24BrCl3N2. The molecule has 1 aliphatic rings. The van der Waals surface area contributed by atoms with Crippen molar-refractivity contribution in [2.24, 2.45) is 5.41 Å². The molecule has 1 aromatic rings. The first-order valence-electron chi connectivity index (χ1n) is 6.79. The van der Waals surface area contributed by atoms with Gasteiger partial charge in [-0.3, -0.25) is 4.90 Å². The summed E-state index contributed by atoms with van der Waals surface area (Å²) in [6.45, 7) is 11.2. The van der Waals surface area contributed by atoms with Crippen LogP contribution in [0.5, 0.6) is 0 Å². The van der Waals surface area contributed by atoms with Crippen LogP contribution in [0.1, 0.15) is 32.4 Å². The molecule has 2 nitrogen and oxygen atoms in total. The van der Waals surface area contributed by atoms with Crippen molar-refractivity contribution < 1.29 is 0 Å². The molecule has 1 fully saturated rings. The number of benzene rings is 1. The molecule has 0 radical (unpaired) electrons. The Morgan fingerprint density at radius 2 is 1.76 bits per heavy atom. The zero-order valence-corrected chi connectivity index (χ0v) is 16.6. The standard InChI is InChI=1S/C15H22BrClN2.2ClH/c1-15(2,3)14(19-8-6-18-7-9-19)12-10-11(17)4-5-13(12)16;;/h4-5,10,14,18H,6-9H2,1-3H3;2*1H/t14-;;/m0../s1. The number of nitrogens with one attached hydrogen (secondary N) is 1. The fraction of sp³-hybridized carbons (Fsp3) is 0.600. The highest BCUT2D eigenvalue weighted by Crippen LogP contribution is 2.41. The van der Waals surface area contributed by atoms with Crippen molar-refractivity contribution in [3.63, 3.8) is 0 Å². The summed E-state index contributed by atoms with van der Waals surface area (Å²) in [5.41, 5.74) is 1.46. The van der Waals surface area contributed by atoms with Gasteiger partial charge in [-0.25, -0.2) is 0 Å². The zero-order valence-electron chi connectivity index (χ0n) is 12.7. The largest absolute Gasteiger partial charge is 0.314 e. The maximum absolute atomic E-state index is 6.20. The molecule has 122 valence electrons. The highest BCUT2D eigenvalue weighted by atomic mass is 79.9. The third-order valence-electron chi connectivity index (χ3n) is 3.59. The predicted octanol–water partition coefficient (Wildman–Crippen LogP) is 4.94. The van der Waals surface area contributed by atoms with Gasteiger partial charge < -0.3 is 5.32 Å². The van der Waals surface area contributed by atoms with Crippen LogP contribution in [0.4, 0.5) is 0 Å². The molecule has 1 saturated heterocycles. The SMILES string of the molecule is CC(C)(C)[C@H](c1cc(Cl)ccc1Br)N1CCNCC1.Cl.Cl. The molecule has 1 atom stereocenters. The molecule has 0 unspecified atom stereocenters. The monoisotopic (exact) mass is 416 g/mol. The molecule has 2 rings (SSSR count). The van der Waals surface area contributed by atoms with Gasteiger partial charge in [-0.15, -0.1) is 24.8 Å². The highest BCUT2D eigenvalue weighted by molar-refractivity contribution is 9.10. The summed E-state index contributed by atoms with van der Waals surface area (Å²) in [6, 6.07) is 6.47. The van der Waals surface area contributed by atoms with Crippen LogP contribution < -0.4 is 5.32 Å². The molecule has 0 aliphatic carbocycles. The van der Waals surface area contributed by atoms with Gasteiger partial charge in [0, 0.05) is 41.7 Å². The third kappa shape index (κ3) is 5.56. The van der Waals surface area contributed by atoms with Crippen LogP contribution in [0.2, 0.25) is 5.02 Å². The third-order valence-corrected chi connectivity index (χ3v) is 4.55. The lowest BCUT2D eigenvalue weighted by atomic mass is 9.81. The van der Waals surface area contributed by atoms with Crippen molar-refractivity contribution in [2.75, 3.05) is 26.2 Å².